The standard InChI is InChI=1S/C24H21BrS2/c25-20-13-16-8-11-19-21-18(22(19)24(16)27-20)10-7-15-12-17(26-23(15)21)9-6-14-4-2-1-3-5-14/h7-8,10-14H,1-6,9H2. The summed E-state index contributed by atoms with van der Waals surface area (Å²) in [4.78, 5) is 1.58. The van der Waals surface area contributed by atoms with Crippen molar-refractivity contribution in [3.8, 4) is 22.3 Å². The van der Waals surface area contributed by atoms with Gasteiger partial charge in [-0.1, -0.05) is 56.4 Å². The van der Waals surface area contributed by atoms with Crippen LogP contribution in [0.4, 0.5) is 0 Å². The van der Waals surface area contributed by atoms with Gasteiger partial charge in [0, 0.05) is 25.4 Å². The van der Waals surface area contributed by atoms with E-state index in [2.05, 4.69) is 52.3 Å². The van der Waals surface area contributed by atoms with Crippen LogP contribution in [-0.2, 0) is 6.42 Å². The first-order chi connectivity index (χ1) is 13.3. The predicted octanol–water partition coefficient (Wildman–Crippen LogP) is 9.04. The maximum absolute atomic E-state index is 3.66. The molecule has 4 aromatic rings. The minimum absolute atomic E-state index is 0.971. The van der Waals surface area contributed by atoms with Crippen molar-refractivity contribution in [3.05, 3.63) is 45.1 Å². The van der Waals surface area contributed by atoms with E-state index in [9.17, 15) is 0 Å². The predicted molar refractivity (Wildman–Crippen MR) is 124 cm³/mol. The molecule has 2 aliphatic rings. The maximum atomic E-state index is 3.66. The van der Waals surface area contributed by atoms with E-state index >= 15 is 0 Å². The number of hydrogen-bond donors (Lipinski definition) is 0. The van der Waals surface area contributed by atoms with E-state index < -0.39 is 0 Å². The third-order valence-corrected chi connectivity index (χ3v) is 9.36. The number of thiophene rings is 2. The van der Waals surface area contributed by atoms with Crippen molar-refractivity contribution < 1.29 is 0 Å². The SMILES string of the molecule is Brc1cc2ccc3c(c2s1)-c1ccc2cc(CCC4CCCCC4)sc2c1-3. The maximum Gasteiger partial charge on any atom is 0.0711 e. The van der Waals surface area contributed by atoms with Crippen LogP contribution in [0.25, 0.3) is 42.4 Å². The molecule has 27 heavy (non-hydrogen) atoms. The van der Waals surface area contributed by atoms with Crippen LogP contribution in [0.15, 0.2) is 40.2 Å². The molecule has 0 radical (unpaired) electrons. The van der Waals surface area contributed by atoms with Crippen LogP contribution in [0.3, 0.4) is 0 Å². The van der Waals surface area contributed by atoms with E-state index in [1.165, 1.54) is 91.2 Å². The lowest BCUT2D eigenvalue weighted by molar-refractivity contribution is 0.340. The summed E-state index contributed by atoms with van der Waals surface area (Å²) in [5.41, 5.74) is 5.89. The Kier molecular flexibility index (Phi) is 4.00. The second-order valence-corrected chi connectivity index (χ2v) is 11.7. The van der Waals surface area contributed by atoms with E-state index in [0.29, 0.717) is 0 Å². The lowest BCUT2D eigenvalue weighted by Gasteiger charge is -2.25. The molecule has 2 aliphatic carbocycles. The van der Waals surface area contributed by atoms with Crippen LogP contribution in [0, 0.1) is 5.92 Å². The normalized spacial score (nSPS) is 16.5. The number of fused-ring (bicyclic) bond motifs is 8. The molecule has 1 saturated carbocycles. The highest BCUT2D eigenvalue weighted by atomic mass is 79.9. The fourth-order valence-electron chi connectivity index (χ4n) is 5.06. The van der Waals surface area contributed by atoms with Crippen molar-refractivity contribution in [3.63, 3.8) is 0 Å². The van der Waals surface area contributed by atoms with Crippen LogP contribution in [0.2, 0.25) is 0 Å². The quantitative estimate of drug-likeness (QED) is 0.256. The van der Waals surface area contributed by atoms with Crippen LogP contribution in [-0.4, -0.2) is 0 Å². The molecule has 0 atom stereocenters. The van der Waals surface area contributed by atoms with Gasteiger partial charge in [-0.25, -0.2) is 0 Å². The fourth-order valence-corrected chi connectivity index (χ4v) is 7.98. The van der Waals surface area contributed by atoms with Crippen molar-refractivity contribution in [2.75, 3.05) is 0 Å². The van der Waals surface area contributed by atoms with Gasteiger partial charge in [0.2, 0.25) is 0 Å². The molecule has 0 saturated heterocycles. The van der Waals surface area contributed by atoms with Crippen LogP contribution in [0.1, 0.15) is 43.4 Å². The molecule has 2 aromatic heterocycles. The summed E-state index contributed by atoms with van der Waals surface area (Å²) in [7, 11) is 0. The molecule has 3 heteroatoms. The van der Waals surface area contributed by atoms with Crippen LogP contribution in [0.5, 0.6) is 0 Å². The van der Waals surface area contributed by atoms with Crippen molar-refractivity contribution in [1.29, 1.82) is 0 Å². The molecule has 0 aliphatic heterocycles. The Morgan fingerprint density at radius 1 is 0.815 bits per heavy atom. The Morgan fingerprint density at radius 2 is 1.48 bits per heavy atom. The molecule has 0 bridgehead atoms. The lowest BCUT2D eigenvalue weighted by atomic mass is 9.79. The van der Waals surface area contributed by atoms with E-state index in [0.717, 1.165) is 5.92 Å². The van der Waals surface area contributed by atoms with Gasteiger partial charge in [-0.05, 0) is 68.7 Å². The second-order valence-electron chi connectivity index (χ2n) is 8.12. The molecule has 0 spiro atoms. The van der Waals surface area contributed by atoms with Gasteiger partial charge < -0.3 is 0 Å². The Labute approximate surface area is 176 Å². The number of halogens is 1. The van der Waals surface area contributed by atoms with Crippen LogP contribution >= 0.6 is 38.6 Å². The number of benzene rings is 2. The topological polar surface area (TPSA) is 0 Å². The van der Waals surface area contributed by atoms with Gasteiger partial charge >= 0.3 is 0 Å². The minimum Gasteiger partial charge on any atom is -0.140 e. The molecule has 2 aromatic carbocycles. The van der Waals surface area contributed by atoms with Crippen molar-refractivity contribution >= 4 is 58.8 Å². The van der Waals surface area contributed by atoms with E-state index in [1.54, 1.807) is 4.88 Å². The highest BCUT2D eigenvalue weighted by Crippen LogP contribution is 2.56. The molecular formula is C24H21BrS2. The lowest BCUT2D eigenvalue weighted by Crippen LogP contribution is -2.06. The van der Waals surface area contributed by atoms with Crippen LogP contribution < -0.4 is 0 Å². The summed E-state index contributed by atoms with van der Waals surface area (Å²) in [5, 5.41) is 2.80. The van der Waals surface area contributed by atoms with Gasteiger partial charge in [-0.15, -0.1) is 22.7 Å². The number of aryl methyl sites for hydroxylation is 1. The Bertz CT molecular complexity index is 1170. The zero-order valence-electron chi connectivity index (χ0n) is 15.2. The first-order valence-electron chi connectivity index (χ1n) is 10.1. The molecular weight excluding hydrogens is 432 g/mol. The molecule has 2 heterocycles. The average molecular weight is 453 g/mol. The molecule has 0 unspecified atom stereocenters. The van der Waals surface area contributed by atoms with Crippen molar-refractivity contribution in [2.24, 2.45) is 5.92 Å². The highest BCUT2D eigenvalue weighted by molar-refractivity contribution is 9.11. The minimum atomic E-state index is 0.971. The first kappa shape index (κ1) is 16.8. The number of rotatable bonds is 3. The van der Waals surface area contributed by atoms with Crippen molar-refractivity contribution in [1.82, 2.24) is 0 Å². The van der Waals surface area contributed by atoms with Crippen molar-refractivity contribution in [2.45, 2.75) is 44.9 Å². The number of hydrogen-bond acceptors (Lipinski definition) is 2. The fraction of sp³-hybridized carbons (Fsp3) is 0.333. The van der Waals surface area contributed by atoms with Gasteiger partial charge in [-0.3, -0.25) is 0 Å². The molecule has 0 amide bonds. The third kappa shape index (κ3) is 2.66. The zero-order chi connectivity index (χ0) is 18.0. The summed E-state index contributed by atoms with van der Waals surface area (Å²) < 4.78 is 4.16. The second kappa shape index (κ2) is 6.43. The third-order valence-electron chi connectivity index (χ3n) is 6.46. The zero-order valence-corrected chi connectivity index (χ0v) is 18.4. The average Bonchev–Trinajstić information content (AvgIpc) is 3.24. The smallest absolute Gasteiger partial charge is 0.0711 e. The summed E-state index contributed by atoms with van der Waals surface area (Å²) >= 11 is 7.57. The molecule has 0 nitrogen and oxygen atoms in total. The van der Waals surface area contributed by atoms with Gasteiger partial charge in [-0.2, -0.15) is 0 Å². The summed E-state index contributed by atoms with van der Waals surface area (Å²) in [6.07, 6.45) is 9.93. The molecule has 6 rings (SSSR count). The summed E-state index contributed by atoms with van der Waals surface area (Å²) in [6, 6.07) is 14.0. The van der Waals surface area contributed by atoms with E-state index in [1.807, 2.05) is 22.7 Å². The largest absolute Gasteiger partial charge is 0.140 e. The summed E-state index contributed by atoms with van der Waals surface area (Å²) in [6.45, 7) is 0. The van der Waals surface area contributed by atoms with E-state index in [-0.39, 0.29) is 0 Å². The Morgan fingerprint density at radius 3 is 2.22 bits per heavy atom. The van der Waals surface area contributed by atoms with Gasteiger partial charge in [0.05, 0.1) is 3.79 Å². The first-order valence-corrected chi connectivity index (χ1v) is 12.5. The molecule has 136 valence electrons. The Hall–Kier alpha value is -1.16. The van der Waals surface area contributed by atoms with Gasteiger partial charge in [0.25, 0.3) is 0 Å². The van der Waals surface area contributed by atoms with E-state index in [4.69, 9.17) is 0 Å². The molecule has 1 fully saturated rings. The summed E-state index contributed by atoms with van der Waals surface area (Å²) in [5.74, 6) is 0.971. The Balaban J connectivity index is 1.36. The van der Waals surface area contributed by atoms with Gasteiger partial charge in [0.15, 0.2) is 0 Å². The van der Waals surface area contributed by atoms with Gasteiger partial charge in [0.1, 0.15) is 0 Å². The monoisotopic (exact) mass is 452 g/mol. The molecule has 0 N–H and O–H groups in total. The highest BCUT2D eigenvalue weighted by Gasteiger charge is 2.28.